The van der Waals surface area contributed by atoms with Gasteiger partial charge in [-0.05, 0) is 37.6 Å². The van der Waals surface area contributed by atoms with E-state index in [2.05, 4.69) is 26.6 Å². The molecule has 1 aromatic rings. The minimum atomic E-state index is -0.359. The average molecular weight is 300 g/mol. The number of nitro groups is 1. The van der Waals surface area contributed by atoms with Crippen LogP contribution in [0.15, 0.2) is 22.7 Å². The highest BCUT2D eigenvalue weighted by atomic mass is 79.9. The molecule has 92 valence electrons. The molecule has 2 rings (SSSR count). The molecule has 0 aromatic heterocycles. The van der Waals surface area contributed by atoms with Crippen molar-refractivity contribution in [3.63, 3.8) is 0 Å². The van der Waals surface area contributed by atoms with E-state index in [4.69, 9.17) is 0 Å². The van der Waals surface area contributed by atoms with Gasteiger partial charge in [0.15, 0.2) is 0 Å². The molecule has 1 saturated heterocycles. The summed E-state index contributed by atoms with van der Waals surface area (Å²) in [6.07, 6.45) is 1.12. The summed E-state index contributed by atoms with van der Waals surface area (Å²) >= 11 is 3.32. The molecule has 17 heavy (non-hydrogen) atoms. The van der Waals surface area contributed by atoms with Gasteiger partial charge in [-0.15, -0.1) is 0 Å². The summed E-state index contributed by atoms with van der Waals surface area (Å²) in [5.41, 5.74) is 0.704. The number of hydrogen-bond donors (Lipinski definition) is 2. The van der Waals surface area contributed by atoms with Crippen LogP contribution in [0.25, 0.3) is 0 Å². The summed E-state index contributed by atoms with van der Waals surface area (Å²) in [6.45, 7) is 2.78. The Hall–Kier alpha value is -1.14. The molecule has 0 amide bonds. The molecule has 0 spiro atoms. The van der Waals surface area contributed by atoms with Crippen molar-refractivity contribution >= 4 is 27.3 Å². The van der Waals surface area contributed by atoms with Crippen LogP contribution >= 0.6 is 15.9 Å². The second-order valence-electron chi connectivity index (χ2n) is 4.16. The Morgan fingerprint density at radius 3 is 3.06 bits per heavy atom. The molecule has 1 atom stereocenters. The lowest BCUT2D eigenvalue weighted by molar-refractivity contribution is -0.384. The molecule has 0 aliphatic carbocycles. The number of nitrogens with one attached hydrogen (secondary N) is 2. The Bertz CT molecular complexity index is 419. The second kappa shape index (κ2) is 5.46. The van der Waals surface area contributed by atoms with Crippen molar-refractivity contribution in [3.05, 3.63) is 32.8 Å². The molecule has 1 aliphatic heterocycles. The first-order chi connectivity index (χ1) is 8.16. The Labute approximate surface area is 108 Å². The molecule has 0 saturated carbocycles. The minimum absolute atomic E-state index is 0.124. The first-order valence-corrected chi connectivity index (χ1v) is 6.34. The molecule has 1 unspecified atom stereocenters. The van der Waals surface area contributed by atoms with E-state index in [0.29, 0.717) is 11.6 Å². The van der Waals surface area contributed by atoms with Gasteiger partial charge in [0, 0.05) is 17.1 Å². The van der Waals surface area contributed by atoms with Crippen molar-refractivity contribution < 1.29 is 4.92 Å². The first kappa shape index (κ1) is 12.3. The fourth-order valence-electron chi connectivity index (χ4n) is 1.95. The molecular formula is C11H14BrN3O2. The quantitative estimate of drug-likeness (QED) is 0.662. The van der Waals surface area contributed by atoms with E-state index in [1.165, 1.54) is 6.07 Å². The van der Waals surface area contributed by atoms with E-state index in [1.807, 2.05) is 0 Å². The number of nitrogens with zero attached hydrogens (tertiary/aromatic N) is 1. The third kappa shape index (κ3) is 3.17. The van der Waals surface area contributed by atoms with E-state index in [-0.39, 0.29) is 10.6 Å². The van der Waals surface area contributed by atoms with E-state index >= 15 is 0 Å². The topological polar surface area (TPSA) is 67.2 Å². The molecular weight excluding hydrogens is 286 g/mol. The number of nitro benzene ring substituents is 1. The summed E-state index contributed by atoms with van der Waals surface area (Å²) < 4.78 is 0.843. The Kier molecular flexibility index (Phi) is 3.96. The summed E-state index contributed by atoms with van der Waals surface area (Å²) in [5, 5.41) is 17.3. The van der Waals surface area contributed by atoms with Gasteiger partial charge in [0.05, 0.1) is 4.92 Å². The minimum Gasteiger partial charge on any atom is -0.379 e. The number of rotatable bonds is 4. The predicted molar refractivity (Wildman–Crippen MR) is 70.3 cm³/mol. The summed E-state index contributed by atoms with van der Waals surface area (Å²) in [6, 6.07) is 4.94. The van der Waals surface area contributed by atoms with Gasteiger partial charge in [0.1, 0.15) is 5.69 Å². The van der Waals surface area contributed by atoms with Crippen molar-refractivity contribution in [2.75, 3.05) is 25.0 Å². The van der Waals surface area contributed by atoms with Crippen LogP contribution < -0.4 is 10.6 Å². The molecule has 6 heteroatoms. The molecule has 1 heterocycles. The van der Waals surface area contributed by atoms with Crippen LogP contribution in [-0.4, -0.2) is 24.6 Å². The molecule has 1 fully saturated rings. The SMILES string of the molecule is O=[N+]([O-])c1ccc(Br)cc1NCC1CCNC1. The third-order valence-corrected chi connectivity index (χ3v) is 3.39. The van der Waals surface area contributed by atoms with Crippen molar-refractivity contribution in [1.29, 1.82) is 0 Å². The largest absolute Gasteiger partial charge is 0.379 e. The molecule has 0 bridgehead atoms. The highest BCUT2D eigenvalue weighted by molar-refractivity contribution is 9.10. The normalized spacial score (nSPS) is 19.2. The Morgan fingerprint density at radius 1 is 1.59 bits per heavy atom. The lowest BCUT2D eigenvalue weighted by Gasteiger charge is -2.11. The average Bonchev–Trinajstić information content (AvgIpc) is 2.78. The third-order valence-electron chi connectivity index (χ3n) is 2.90. The maximum absolute atomic E-state index is 10.9. The van der Waals surface area contributed by atoms with E-state index in [9.17, 15) is 10.1 Å². The van der Waals surface area contributed by atoms with Crippen LogP contribution in [0.5, 0.6) is 0 Å². The van der Waals surface area contributed by atoms with Gasteiger partial charge < -0.3 is 10.6 Å². The first-order valence-electron chi connectivity index (χ1n) is 5.55. The van der Waals surface area contributed by atoms with Crippen LogP contribution in [0.3, 0.4) is 0 Å². The highest BCUT2D eigenvalue weighted by Gasteiger charge is 2.17. The van der Waals surface area contributed by atoms with Crippen LogP contribution in [0.1, 0.15) is 6.42 Å². The lowest BCUT2D eigenvalue weighted by Crippen LogP contribution is -2.17. The highest BCUT2D eigenvalue weighted by Crippen LogP contribution is 2.28. The Balaban J connectivity index is 2.07. The molecule has 1 aliphatic rings. The Morgan fingerprint density at radius 2 is 2.41 bits per heavy atom. The number of hydrogen-bond acceptors (Lipinski definition) is 4. The fraction of sp³-hybridized carbons (Fsp3) is 0.455. The standard InChI is InChI=1S/C11H14BrN3O2/c12-9-1-2-11(15(16)17)10(5-9)14-7-8-3-4-13-6-8/h1-2,5,8,13-14H,3-4,6-7H2. The zero-order valence-corrected chi connectivity index (χ0v) is 10.9. The van der Waals surface area contributed by atoms with Gasteiger partial charge in [-0.3, -0.25) is 10.1 Å². The zero-order valence-electron chi connectivity index (χ0n) is 9.28. The van der Waals surface area contributed by atoms with Crippen molar-refractivity contribution in [2.24, 2.45) is 5.92 Å². The van der Waals surface area contributed by atoms with Crippen LogP contribution in [0, 0.1) is 16.0 Å². The molecule has 0 radical (unpaired) electrons. The smallest absolute Gasteiger partial charge is 0.292 e. The van der Waals surface area contributed by atoms with Gasteiger partial charge >= 0.3 is 0 Å². The molecule has 2 N–H and O–H groups in total. The maximum atomic E-state index is 10.9. The predicted octanol–water partition coefficient (Wildman–Crippen LogP) is 2.38. The second-order valence-corrected chi connectivity index (χ2v) is 5.07. The van der Waals surface area contributed by atoms with Crippen LogP contribution in [-0.2, 0) is 0 Å². The van der Waals surface area contributed by atoms with E-state index < -0.39 is 0 Å². The van der Waals surface area contributed by atoms with E-state index in [1.54, 1.807) is 12.1 Å². The lowest BCUT2D eigenvalue weighted by atomic mass is 10.1. The van der Waals surface area contributed by atoms with Gasteiger partial charge in [0.25, 0.3) is 5.69 Å². The van der Waals surface area contributed by atoms with Crippen molar-refractivity contribution in [2.45, 2.75) is 6.42 Å². The van der Waals surface area contributed by atoms with E-state index in [0.717, 1.165) is 30.5 Å². The van der Waals surface area contributed by atoms with Gasteiger partial charge in [-0.25, -0.2) is 0 Å². The summed E-state index contributed by atoms with van der Waals surface area (Å²) in [4.78, 5) is 10.5. The monoisotopic (exact) mass is 299 g/mol. The summed E-state index contributed by atoms with van der Waals surface area (Å²) in [7, 11) is 0. The summed E-state index contributed by atoms with van der Waals surface area (Å²) in [5.74, 6) is 0.550. The van der Waals surface area contributed by atoms with Gasteiger partial charge in [0.2, 0.25) is 0 Å². The van der Waals surface area contributed by atoms with Crippen molar-refractivity contribution in [3.8, 4) is 0 Å². The van der Waals surface area contributed by atoms with Crippen LogP contribution in [0.4, 0.5) is 11.4 Å². The fourth-order valence-corrected chi connectivity index (χ4v) is 2.31. The van der Waals surface area contributed by atoms with Crippen molar-refractivity contribution in [1.82, 2.24) is 5.32 Å². The zero-order chi connectivity index (χ0) is 12.3. The van der Waals surface area contributed by atoms with Gasteiger partial charge in [-0.2, -0.15) is 0 Å². The number of halogens is 1. The maximum Gasteiger partial charge on any atom is 0.292 e. The van der Waals surface area contributed by atoms with Crippen LogP contribution in [0.2, 0.25) is 0 Å². The van der Waals surface area contributed by atoms with Gasteiger partial charge in [-0.1, -0.05) is 15.9 Å². The molecule has 1 aromatic carbocycles. The molecule has 5 nitrogen and oxygen atoms in total. The number of benzene rings is 1. The number of anilines is 1.